The Morgan fingerprint density at radius 2 is 1.58 bits per heavy atom. The quantitative estimate of drug-likeness (QED) is 0.488. The topological polar surface area (TPSA) is 75.6 Å². The molecule has 2 aromatic carbocycles. The van der Waals surface area contributed by atoms with Crippen LogP contribution >= 0.6 is 0 Å². The Morgan fingerprint density at radius 1 is 0.968 bits per heavy atom. The molecular formula is C23H30N4O4. The molecule has 1 heterocycles. The van der Waals surface area contributed by atoms with Gasteiger partial charge in [-0.1, -0.05) is 30.3 Å². The predicted octanol–water partition coefficient (Wildman–Crippen LogP) is 1.98. The number of carbonyl (C=O) groups is 1. The van der Waals surface area contributed by atoms with Crippen molar-refractivity contribution >= 4 is 12.1 Å². The average Bonchev–Trinajstić information content (AvgIpc) is 2.80. The first-order valence-electron chi connectivity index (χ1n) is 10.2. The number of benzene rings is 2. The molecule has 1 fully saturated rings. The van der Waals surface area contributed by atoms with Crippen LogP contribution in [0.4, 0.5) is 0 Å². The summed E-state index contributed by atoms with van der Waals surface area (Å²) in [5, 5.41) is 4.09. The third-order valence-corrected chi connectivity index (χ3v) is 5.22. The molecule has 0 unspecified atom stereocenters. The van der Waals surface area contributed by atoms with Gasteiger partial charge < -0.3 is 14.2 Å². The molecule has 1 aliphatic heterocycles. The zero-order chi connectivity index (χ0) is 22.1. The van der Waals surface area contributed by atoms with Crippen LogP contribution in [-0.4, -0.2) is 76.0 Å². The van der Waals surface area contributed by atoms with E-state index in [0.717, 1.165) is 32.7 Å². The summed E-state index contributed by atoms with van der Waals surface area (Å²) in [6.45, 7) is 4.83. The lowest BCUT2D eigenvalue weighted by molar-refractivity contribution is -0.122. The SMILES string of the molecule is COc1cc(OC)c(/C=N/NC(=O)CN2CCN(Cc3ccccc3)CC2)c(OC)c1. The third-order valence-electron chi connectivity index (χ3n) is 5.22. The smallest absolute Gasteiger partial charge is 0.254 e. The van der Waals surface area contributed by atoms with Gasteiger partial charge in [0.15, 0.2) is 0 Å². The van der Waals surface area contributed by atoms with Crippen LogP contribution in [0.25, 0.3) is 0 Å². The minimum absolute atomic E-state index is 0.154. The highest BCUT2D eigenvalue weighted by molar-refractivity contribution is 5.89. The lowest BCUT2D eigenvalue weighted by Gasteiger charge is -2.34. The minimum Gasteiger partial charge on any atom is -0.496 e. The minimum atomic E-state index is -0.154. The van der Waals surface area contributed by atoms with Gasteiger partial charge >= 0.3 is 0 Å². The number of nitrogens with one attached hydrogen (secondary N) is 1. The van der Waals surface area contributed by atoms with Gasteiger partial charge in [0.1, 0.15) is 17.2 Å². The molecule has 2 aromatic rings. The van der Waals surface area contributed by atoms with Crippen LogP contribution < -0.4 is 19.6 Å². The number of methoxy groups -OCH3 is 3. The van der Waals surface area contributed by atoms with Crippen molar-refractivity contribution in [3.05, 3.63) is 53.6 Å². The molecule has 0 spiro atoms. The van der Waals surface area contributed by atoms with Crippen molar-refractivity contribution in [2.24, 2.45) is 5.10 Å². The fraction of sp³-hybridized carbons (Fsp3) is 0.391. The molecule has 1 amide bonds. The van der Waals surface area contributed by atoms with E-state index in [-0.39, 0.29) is 5.91 Å². The van der Waals surface area contributed by atoms with Crippen LogP contribution in [0.3, 0.4) is 0 Å². The number of rotatable bonds is 9. The summed E-state index contributed by atoms with van der Waals surface area (Å²) < 4.78 is 16.0. The van der Waals surface area contributed by atoms with E-state index in [9.17, 15) is 4.79 Å². The highest BCUT2D eigenvalue weighted by atomic mass is 16.5. The van der Waals surface area contributed by atoms with Crippen LogP contribution in [0, 0.1) is 0 Å². The summed E-state index contributed by atoms with van der Waals surface area (Å²) in [6.07, 6.45) is 1.52. The van der Waals surface area contributed by atoms with E-state index in [2.05, 4.69) is 44.6 Å². The molecule has 0 atom stereocenters. The molecule has 31 heavy (non-hydrogen) atoms. The van der Waals surface area contributed by atoms with E-state index < -0.39 is 0 Å². The molecule has 1 saturated heterocycles. The van der Waals surface area contributed by atoms with Gasteiger partial charge in [-0.2, -0.15) is 5.10 Å². The molecule has 0 radical (unpaired) electrons. The van der Waals surface area contributed by atoms with Gasteiger partial charge in [-0.15, -0.1) is 0 Å². The second-order valence-electron chi connectivity index (χ2n) is 7.28. The standard InChI is InChI=1S/C23H30N4O4/c1-29-19-13-21(30-2)20(22(14-19)31-3)15-24-25-23(28)17-27-11-9-26(10-12-27)16-18-7-5-4-6-8-18/h4-8,13-15H,9-12,16-17H2,1-3H3,(H,25,28)/b24-15+. The molecule has 3 rings (SSSR count). The molecule has 8 nitrogen and oxygen atoms in total. The maximum atomic E-state index is 12.3. The van der Waals surface area contributed by atoms with Crippen molar-refractivity contribution in [1.29, 1.82) is 0 Å². The van der Waals surface area contributed by atoms with Gasteiger partial charge in [0.2, 0.25) is 0 Å². The van der Waals surface area contributed by atoms with Gasteiger partial charge in [0.05, 0.1) is 39.7 Å². The molecule has 8 heteroatoms. The van der Waals surface area contributed by atoms with E-state index in [1.807, 2.05) is 6.07 Å². The summed E-state index contributed by atoms with van der Waals surface area (Å²) in [6, 6.07) is 13.9. The molecule has 0 saturated carbocycles. The van der Waals surface area contributed by atoms with Crippen LogP contribution in [0.5, 0.6) is 17.2 Å². The molecule has 0 aromatic heterocycles. The Hall–Kier alpha value is -3.10. The Bertz CT molecular complexity index is 855. The second-order valence-corrected chi connectivity index (χ2v) is 7.28. The Morgan fingerprint density at radius 3 is 2.16 bits per heavy atom. The van der Waals surface area contributed by atoms with Crippen LogP contribution in [0.2, 0.25) is 0 Å². The lowest BCUT2D eigenvalue weighted by Crippen LogP contribution is -2.48. The van der Waals surface area contributed by atoms with Crippen molar-refractivity contribution < 1.29 is 19.0 Å². The normalized spacial score (nSPS) is 15.1. The molecule has 0 bridgehead atoms. The van der Waals surface area contributed by atoms with Crippen molar-refractivity contribution in [1.82, 2.24) is 15.2 Å². The zero-order valence-corrected chi connectivity index (χ0v) is 18.3. The van der Waals surface area contributed by atoms with E-state index in [1.54, 1.807) is 33.5 Å². The average molecular weight is 427 g/mol. The third kappa shape index (κ3) is 6.44. The van der Waals surface area contributed by atoms with Gasteiger partial charge in [-0.3, -0.25) is 14.6 Å². The molecular weight excluding hydrogens is 396 g/mol. The highest BCUT2D eigenvalue weighted by Gasteiger charge is 2.19. The number of hydrogen-bond acceptors (Lipinski definition) is 7. The lowest BCUT2D eigenvalue weighted by atomic mass is 10.2. The van der Waals surface area contributed by atoms with Crippen molar-refractivity contribution in [3.63, 3.8) is 0 Å². The maximum absolute atomic E-state index is 12.3. The predicted molar refractivity (Wildman–Crippen MR) is 120 cm³/mol. The number of piperazine rings is 1. The second kappa shape index (κ2) is 11.3. The molecule has 1 aliphatic rings. The Labute approximate surface area is 183 Å². The molecule has 1 N–H and O–H groups in total. The van der Waals surface area contributed by atoms with E-state index >= 15 is 0 Å². The number of carbonyl (C=O) groups excluding carboxylic acids is 1. The first-order chi connectivity index (χ1) is 15.1. The van der Waals surface area contributed by atoms with Crippen LogP contribution in [-0.2, 0) is 11.3 Å². The number of ether oxygens (including phenoxy) is 3. The van der Waals surface area contributed by atoms with Gasteiger partial charge in [-0.25, -0.2) is 5.43 Å². The number of hydrazone groups is 1. The maximum Gasteiger partial charge on any atom is 0.254 e. The van der Waals surface area contributed by atoms with E-state index in [1.165, 1.54) is 11.8 Å². The molecule has 166 valence electrons. The van der Waals surface area contributed by atoms with Gasteiger partial charge in [0.25, 0.3) is 5.91 Å². The largest absolute Gasteiger partial charge is 0.496 e. The number of hydrogen-bond donors (Lipinski definition) is 1. The van der Waals surface area contributed by atoms with Crippen molar-refractivity contribution in [2.75, 3.05) is 54.1 Å². The fourth-order valence-electron chi connectivity index (χ4n) is 3.51. The number of amides is 1. The summed E-state index contributed by atoms with van der Waals surface area (Å²) in [5.41, 5.74) is 4.53. The summed E-state index contributed by atoms with van der Waals surface area (Å²) in [5.74, 6) is 1.55. The molecule has 0 aliphatic carbocycles. The van der Waals surface area contributed by atoms with Crippen molar-refractivity contribution in [2.45, 2.75) is 6.54 Å². The van der Waals surface area contributed by atoms with Gasteiger partial charge in [0, 0.05) is 44.9 Å². The van der Waals surface area contributed by atoms with E-state index in [4.69, 9.17) is 14.2 Å². The summed E-state index contributed by atoms with van der Waals surface area (Å²) >= 11 is 0. The van der Waals surface area contributed by atoms with Crippen molar-refractivity contribution in [3.8, 4) is 17.2 Å². The van der Waals surface area contributed by atoms with E-state index in [0.29, 0.717) is 29.4 Å². The van der Waals surface area contributed by atoms with Crippen LogP contribution in [0.15, 0.2) is 47.6 Å². The highest BCUT2D eigenvalue weighted by Crippen LogP contribution is 2.32. The Kier molecular flexibility index (Phi) is 8.26. The monoisotopic (exact) mass is 426 g/mol. The zero-order valence-electron chi connectivity index (χ0n) is 18.3. The first kappa shape index (κ1) is 22.6. The Balaban J connectivity index is 1.48. The first-order valence-corrected chi connectivity index (χ1v) is 10.2. The van der Waals surface area contributed by atoms with Gasteiger partial charge in [-0.05, 0) is 5.56 Å². The fourth-order valence-corrected chi connectivity index (χ4v) is 3.51. The summed E-state index contributed by atoms with van der Waals surface area (Å²) in [7, 11) is 4.69. The van der Waals surface area contributed by atoms with Crippen LogP contribution in [0.1, 0.15) is 11.1 Å². The number of nitrogens with zero attached hydrogens (tertiary/aromatic N) is 3. The summed E-state index contributed by atoms with van der Waals surface area (Å²) in [4.78, 5) is 16.9.